The third kappa shape index (κ3) is 5.41. The molecule has 0 radical (unpaired) electrons. The van der Waals surface area contributed by atoms with Crippen LogP contribution in [0.15, 0.2) is 24.3 Å². The molecule has 1 unspecified atom stereocenters. The van der Waals surface area contributed by atoms with Crippen LogP contribution >= 0.6 is 0 Å². The first-order valence-electron chi connectivity index (χ1n) is 12.4. The van der Waals surface area contributed by atoms with Gasteiger partial charge < -0.3 is 24.0 Å². The molecule has 4 rings (SSSR count). The minimum Gasteiger partial charge on any atom is -0.493 e. The summed E-state index contributed by atoms with van der Waals surface area (Å²) in [5.74, 6) is 1.80. The van der Waals surface area contributed by atoms with Gasteiger partial charge in [-0.15, -0.1) is 0 Å². The van der Waals surface area contributed by atoms with E-state index < -0.39 is 4.92 Å². The second kappa shape index (κ2) is 11.2. The van der Waals surface area contributed by atoms with E-state index in [1.54, 1.807) is 26.4 Å². The maximum Gasteiger partial charge on any atom is 0.311 e. The highest BCUT2D eigenvalue weighted by Crippen LogP contribution is 2.35. The van der Waals surface area contributed by atoms with Gasteiger partial charge in [0.05, 0.1) is 32.7 Å². The van der Waals surface area contributed by atoms with Gasteiger partial charge in [-0.1, -0.05) is 0 Å². The zero-order valence-corrected chi connectivity index (χ0v) is 21.5. The molecule has 1 aliphatic heterocycles. The van der Waals surface area contributed by atoms with Crippen LogP contribution in [0.1, 0.15) is 35.1 Å². The smallest absolute Gasteiger partial charge is 0.311 e. The molecule has 0 saturated heterocycles. The number of carbonyl (C=O) groups is 1. The van der Waals surface area contributed by atoms with Crippen molar-refractivity contribution in [2.24, 2.45) is 0 Å². The van der Waals surface area contributed by atoms with Crippen molar-refractivity contribution in [3.8, 4) is 17.2 Å². The Hall–Kier alpha value is -3.33. The average Bonchev–Trinajstić information content (AvgIpc) is 3.03. The third-order valence-electron chi connectivity index (χ3n) is 7.51. The van der Waals surface area contributed by atoms with Crippen molar-refractivity contribution in [3.63, 3.8) is 0 Å². The lowest BCUT2D eigenvalue weighted by Gasteiger charge is -2.33. The number of rotatable bonds is 9. The van der Waals surface area contributed by atoms with E-state index in [1.165, 1.54) is 18.2 Å². The van der Waals surface area contributed by atoms with Gasteiger partial charge in [0.2, 0.25) is 5.91 Å². The molecule has 0 saturated carbocycles. The molecule has 194 valence electrons. The van der Waals surface area contributed by atoms with Crippen molar-refractivity contribution in [1.82, 2.24) is 9.80 Å². The number of nitro groups is 1. The lowest BCUT2D eigenvalue weighted by Crippen LogP contribution is -2.39. The van der Waals surface area contributed by atoms with Gasteiger partial charge in [-0.3, -0.25) is 14.9 Å². The van der Waals surface area contributed by atoms with Gasteiger partial charge >= 0.3 is 5.69 Å². The molecule has 9 nitrogen and oxygen atoms in total. The molecular formula is C27H35N3O6. The average molecular weight is 498 g/mol. The van der Waals surface area contributed by atoms with E-state index in [4.69, 9.17) is 14.2 Å². The Bertz CT molecular complexity index is 1130. The maximum atomic E-state index is 12.9. The Kier molecular flexibility index (Phi) is 7.98. The fraction of sp³-hybridized carbons (Fsp3) is 0.519. The van der Waals surface area contributed by atoms with Crippen LogP contribution in [0.25, 0.3) is 0 Å². The molecule has 0 fully saturated rings. The van der Waals surface area contributed by atoms with Gasteiger partial charge in [0.1, 0.15) is 0 Å². The summed E-state index contributed by atoms with van der Waals surface area (Å²) in [4.78, 5) is 28.2. The van der Waals surface area contributed by atoms with Crippen molar-refractivity contribution in [1.29, 1.82) is 0 Å². The van der Waals surface area contributed by atoms with Gasteiger partial charge in [0, 0.05) is 25.2 Å². The summed E-state index contributed by atoms with van der Waals surface area (Å²) in [5, 5.41) is 11.4. The molecule has 0 aromatic heterocycles. The summed E-state index contributed by atoms with van der Waals surface area (Å²) in [6, 6.07) is 7.84. The van der Waals surface area contributed by atoms with Crippen molar-refractivity contribution in [3.05, 3.63) is 56.6 Å². The Morgan fingerprint density at radius 3 is 2.28 bits per heavy atom. The molecule has 2 aliphatic rings. The van der Waals surface area contributed by atoms with E-state index in [0.29, 0.717) is 25.6 Å². The molecule has 2 aromatic carbocycles. The summed E-state index contributed by atoms with van der Waals surface area (Å²) < 4.78 is 16.1. The number of likely N-dealkylation sites (N-methyl/N-ethyl adjacent to an activating group) is 1. The molecular weight excluding hydrogens is 462 g/mol. The first-order valence-corrected chi connectivity index (χ1v) is 12.4. The Morgan fingerprint density at radius 2 is 1.61 bits per heavy atom. The number of benzene rings is 2. The second-order valence-electron chi connectivity index (χ2n) is 9.56. The number of methoxy groups -OCH3 is 3. The number of aryl methyl sites for hydroxylation is 1. The van der Waals surface area contributed by atoms with E-state index in [2.05, 4.69) is 24.1 Å². The van der Waals surface area contributed by atoms with Crippen molar-refractivity contribution >= 4 is 11.6 Å². The molecule has 36 heavy (non-hydrogen) atoms. The van der Waals surface area contributed by atoms with Gasteiger partial charge in [0.25, 0.3) is 0 Å². The summed E-state index contributed by atoms with van der Waals surface area (Å²) >= 11 is 0. The Morgan fingerprint density at radius 1 is 0.972 bits per heavy atom. The van der Waals surface area contributed by atoms with Crippen molar-refractivity contribution < 1.29 is 23.9 Å². The van der Waals surface area contributed by atoms with Gasteiger partial charge in [-0.25, -0.2) is 0 Å². The van der Waals surface area contributed by atoms with Crippen LogP contribution in [0.4, 0.5) is 5.69 Å². The van der Waals surface area contributed by atoms with E-state index in [9.17, 15) is 14.9 Å². The van der Waals surface area contributed by atoms with E-state index in [-0.39, 0.29) is 23.8 Å². The van der Waals surface area contributed by atoms with Crippen LogP contribution in [0.2, 0.25) is 0 Å². The van der Waals surface area contributed by atoms with Crippen LogP contribution in [0.5, 0.6) is 17.2 Å². The molecule has 0 bridgehead atoms. The Labute approximate surface area is 212 Å². The molecule has 1 aliphatic carbocycles. The third-order valence-corrected chi connectivity index (χ3v) is 7.51. The molecule has 1 heterocycles. The number of ether oxygens (including phenoxy) is 3. The van der Waals surface area contributed by atoms with Crippen LogP contribution < -0.4 is 14.2 Å². The molecule has 2 aromatic rings. The highest BCUT2D eigenvalue weighted by molar-refractivity contribution is 5.80. The quantitative estimate of drug-likeness (QED) is 0.387. The van der Waals surface area contributed by atoms with E-state index >= 15 is 0 Å². The first-order chi connectivity index (χ1) is 17.3. The molecule has 1 atom stereocenters. The van der Waals surface area contributed by atoms with Crippen LogP contribution in [0.3, 0.4) is 0 Å². The number of fused-ring (bicyclic) bond motifs is 2. The highest BCUT2D eigenvalue weighted by Gasteiger charge is 2.27. The number of hydrogen-bond donors (Lipinski definition) is 0. The summed E-state index contributed by atoms with van der Waals surface area (Å²) in [5.41, 5.74) is 4.24. The normalized spacial score (nSPS) is 17.3. The lowest BCUT2D eigenvalue weighted by atomic mass is 9.87. The number of nitro benzene ring substituents is 1. The maximum absolute atomic E-state index is 12.9. The number of carbonyl (C=O) groups excluding carboxylic acids is 1. The van der Waals surface area contributed by atoms with Gasteiger partial charge in [-0.2, -0.15) is 0 Å². The monoisotopic (exact) mass is 497 g/mol. The summed E-state index contributed by atoms with van der Waals surface area (Å²) in [6.45, 7) is 2.13. The topological polar surface area (TPSA) is 94.4 Å². The minimum atomic E-state index is -0.435. The second-order valence-corrected chi connectivity index (χ2v) is 9.56. The highest BCUT2D eigenvalue weighted by atomic mass is 16.6. The first kappa shape index (κ1) is 25.8. The minimum absolute atomic E-state index is 0.0520. The summed E-state index contributed by atoms with van der Waals surface area (Å²) in [7, 11) is 6.89. The van der Waals surface area contributed by atoms with E-state index in [1.807, 2.05) is 4.90 Å². The summed E-state index contributed by atoms with van der Waals surface area (Å²) in [6.07, 6.45) is 4.76. The standard InChI is InChI=1S/C27H35N3O6/c1-28(22-7-6-18-14-25(35-3)26(36-4)16-20(18)12-22)9-5-10-29-11-8-19-13-23(30(32)33)24(34-2)15-21(19)17-27(29)31/h13-16,22H,5-12,17H2,1-4H3. The number of amides is 1. The van der Waals surface area contributed by atoms with E-state index in [0.717, 1.165) is 54.9 Å². The van der Waals surface area contributed by atoms with Crippen molar-refractivity contribution in [2.45, 2.75) is 44.6 Å². The lowest BCUT2D eigenvalue weighted by molar-refractivity contribution is -0.385. The number of nitrogens with zero attached hydrogens (tertiary/aromatic N) is 3. The predicted molar refractivity (Wildman–Crippen MR) is 136 cm³/mol. The SMILES string of the molecule is COc1cc2c(cc1OC)CC(N(C)CCCN1CCc3cc([N+](=O)[O-])c(OC)cc3CC1=O)CC2. The van der Waals surface area contributed by atoms with Crippen LogP contribution in [-0.4, -0.2) is 74.7 Å². The molecule has 1 amide bonds. The fourth-order valence-electron chi connectivity index (χ4n) is 5.38. The zero-order chi connectivity index (χ0) is 25.8. The van der Waals surface area contributed by atoms with Gasteiger partial charge in [-0.05, 0) is 86.1 Å². The fourth-order valence-corrected chi connectivity index (χ4v) is 5.38. The number of hydrogen-bond acceptors (Lipinski definition) is 7. The van der Waals surface area contributed by atoms with Crippen molar-refractivity contribution in [2.75, 3.05) is 48.0 Å². The molecule has 0 N–H and O–H groups in total. The Balaban J connectivity index is 1.33. The zero-order valence-electron chi connectivity index (χ0n) is 21.5. The van der Waals surface area contributed by atoms with Gasteiger partial charge in [0.15, 0.2) is 17.2 Å². The largest absolute Gasteiger partial charge is 0.493 e. The van der Waals surface area contributed by atoms with Crippen LogP contribution in [-0.2, 0) is 30.5 Å². The van der Waals surface area contributed by atoms with Crippen LogP contribution in [0, 0.1) is 10.1 Å². The molecule has 0 spiro atoms. The predicted octanol–water partition coefficient (Wildman–Crippen LogP) is 3.43. The molecule has 9 heteroatoms.